The lowest BCUT2D eigenvalue weighted by Gasteiger charge is -2.39. The van der Waals surface area contributed by atoms with Crippen molar-refractivity contribution in [2.75, 3.05) is 19.6 Å². The number of para-hydroxylation sites is 1. The maximum absolute atomic E-state index is 13.5. The molecule has 0 bridgehead atoms. The first-order valence-electron chi connectivity index (χ1n) is 12.5. The average Bonchev–Trinajstić information content (AvgIpc) is 3.42. The van der Waals surface area contributed by atoms with E-state index in [4.69, 9.17) is 4.74 Å². The molecule has 3 aromatic carbocycles. The van der Waals surface area contributed by atoms with Gasteiger partial charge >= 0.3 is 0 Å². The first-order valence-corrected chi connectivity index (χ1v) is 12.5. The Balaban J connectivity index is 0.00000253. The Morgan fingerprint density at radius 2 is 1.60 bits per heavy atom. The first kappa shape index (κ1) is 24.1. The summed E-state index contributed by atoms with van der Waals surface area (Å²) in [6.07, 6.45) is 5.50. The number of piperidine rings is 1. The zero-order valence-electron chi connectivity index (χ0n) is 20.0. The van der Waals surface area contributed by atoms with Gasteiger partial charge in [-0.1, -0.05) is 42.5 Å². The predicted molar refractivity (Wildman–Crippen MR) is 142 cm³/mol. The lowest BCUT2D eigenvalue weighted by Crippen LogP contribution is -2.42. The number of rotatable bonds is 6. The number of halogens is 2. The number of hydrogen-bond acceptors (Lipinski definition) is 2. The Morgan fingerprint density at radius 1 is 0.857 bits per heavy atom. The number of likely N-dealkylation sites (tertiary alicyclic amines) is 1. The highest BCUT2D eigenvalue weighted by atomic mass is 35.5. The van der Waals surface area contributed by atoms with Crippen molar-refractivity contribution in [3.8, 4) is 5.69 Å². The summed E-state index contributed by atoms with van der Waals surface area (Å²) >= 11 is 0. The van der Waals surface area contributed by atoms with Crippen LogP contribution in [-0.2, 0) is 23.4 Å². The summed E-state index contributed by atoms with van der Waals surface area (Å²) in [5.74, 6) is -0.198. The maximum Gasteiger partial charge on any atom is 0.123 e. The summed E-state index contributed by atoms with van der Waals surface area (Å²) in [4.78, 5) is 2.60. The molecule has 182 valence electrons. The van der Waals surface area contributed by atoms with Crippen LogP contribution in [0.5, 0.6) is 0 Å². The van der Waals surface area contributed by atoms with E-state index in [1.807, 2.05) is 12.1 Å². The molecule has 1 saturated heterocycles. The van der Waals surface area contributed by atoms with Gasteiger partial charge in [-0.25, -0.2) is 4.39 Å². The first-order chi connectivity index (χ1) is 16.7. The molecule has 0 radical (unpaired) electrons. The third-order valence-electron chi connectivity index (χ3n) is 7.70. The van der Waals surface area contributed by atoms with Crippen molar-refractivity contribution in [1.29, 1.82) is 0 Å². The van der Waals surface area contributed by atoms with Gasteiger partial charge in [-0.05, 0) is 86.2 Å². The van der Waals surface area contributed by atoms with E-state index in [1.165, 1.54) is 34.1 Å². The highest BCUT2D eigenvalue weighted by molar-refractivity contribution is 5.85. The van der Waals surface area contributed by atoms with E-state index >= 15 is 0 Å². The van der Waals surface area contributed by atoms with Gasteiger partial charge in [0.15, 0.2) is 0 Å². The second-order valence-corrected chi connectivity index (χ2v) is 9.75. The van der Waals surface area contributed by atoms with Gasteiger partial charge in [0.25, 0.3) is 0 Å². The minimum Gasteiger partial charge on any atom is -0.365 e. The fraction of sp³-hybridized carbons (Fsp3) is 0.333. The Kier molecular flexibility index (Phi) is 6.97. The molecule has 2 aliphatic heterocycles. The Hall–Kier alpha value is -2.66. The van der Waals surface area contributed by atoms with Crippen molar-refractivity contribution >= 4 is 23.3 Å². The Bertz CT molecular complexity index is 1290. The molecular formula is C30H32ClFN2O. The fourth-order valence-corrected chi connectivity index (χ4v) is 5.87. The SMILES string of the molecule is Cl.Fc1ccc(-n2c(CCCCN3CCC4(CC3)OCc3ccccc34)cc3ccccc32)cc1. The Morgan fingerprint density at radius 3 is 2.43 bits per heavy atom. The van der Waals surface area contributed by atoms with Gasteiger partial charge in [0.05, 0.1) is 17.7 Å². The average molecular weight is 491 g/mol. The predicted octanol–water partition coefficient (Wildman–Crippen LogP) is 7.04. The van der Waals surface area contributed by atoms with Crippen LogP contribution in [0, 0.1) is 5.82 Å². The van der Waals surface area contributed by atoms with Crippen LogP contribution in [0.15, 0.2) is 78.9 Å². The van der Waals surface area contributed by atoms with Crippen LogP contribution in [-0.4, -0.2) is 29.1 Å². The summed E-state index contributed by atoms with van der Waals surface area (Å²) in [6, 6.07) is 26.3. The molecule has 4 aromatic rings. The number of unbranched alkanes of at least 4 members (excludes halogenated alkanes) is 1. The van der Waals surface area contributed by atoms with Crippen LogP contribution in [0.3, 0.4) is 0 Å². The maximum atomic E-state index is 13.5. The second kappa shape index (κ2) is 10.1. The molecule has 0 amide bonds. The topological polar surface area (TPSA) is 17.4 Å². The molecule has 6 rings (SSSR count). The van der Waals surface area contributed by atoms with Crippen molar-refractivity contribution in [1.82, 2.24) is 9.47 Å². The Labute approximate surface area is 212 Å². The standard InChI is InChI=1S/C30H31FN2O.ClH/c31-25-12-14-26(15-13-25)33-27(21-23-7-2-4-11-29(23)33)9-5-6-18-32-19-16-30(17-20-32)28-10-3-1-8-24(28)22-34-30;/h1-4,7-8,10-15,21H,5-6,9,16-20,22H2;1H. The van der Waals surface area contributed by atoms with E-state index in [-0.39, 0.29) is 23.8 Å². The smallest absolute Gasteiger partial charge is 0.123 e. The van der Waals surface area contributed by atoms with E-state index in [0.29, 0.717) is 0 Å². The molecule has 1 fully saturated rings. The van der Waals surface area contributed by atoms with Crippen molar-refractivity contribution in [3.05, 3.63) is 102 Å². The number of ether oxygens (including phenoxy) is 1. The van der Waals surface area contributed by atoms with Crippen LogP contribution in [0.1, 0.15) is 42.5 Å². The molecule has 0 atom stereocenters. The van der Waals surface area contributed by atoms with Crippen molar-refractivity contribution in [2.45, 2.75) is 44.3 Å². The van der Waals surface area contributed by atoms with Crippen molar-refractivity contribution in [2.24, 2.45) is 0 Å². The van der Waals surface area contributed by atoms with E-state index in [9.17, 15) is 4.39 Å². The van der Waals surface area contributed by atoms with E-state index < -0.39 is 0 Å². The highest BCUT2D eigenvalue weighted by Crippen LogP contribution is 2.44. The van der Waals surface area contributed by atoms with Gasteiger partial charge in [0.2, 0.25) is 0 Å². The molecule has 0 unspecified atom stereocenters. The van der Waals surface area contributed by atoms with Gasteiger partial charge in [0.1, 0.15) is 5.82 Å². The number of aromatic nitrogens is 1. The van der Waals surface area contributed by atoms with Crippen LogP contribution in [0.2, 0.25) is 0 Å². The van der Waals surface area contributed by atoms with Crippen LogP contribution < -0.4 is 0 Å². The molecule has 0 saturated carbocycles. The van der Waals surface area contributed by atoms with Crippen LogP contribution in [0.4, 0.5) is 4.39 Å². The molecule has 1 aromatic heterocycles. The summed E-state index contributed by atoms with van der Waals surface area (Å²) in [5, 5.41) is 1.24. The summed E-state index contributed by atoms with van der Waals surface area (Å²) < 4.78 is 22.1. The van der Waals surface area contributed by atoms with Crippen LogP contribution >= 0.6 is 12.4 Å². The minimum atomic E-state index is -0.198. The van der Waals surface area contributed by atoms with Crippen LogP contribution in [0.25, 0.3) is 16.6 Å². The largest absolute Gasteiger partial charge is 0.365 e. The molecule has 1 spiro atoms. The third-order valence-corrected chi connectivity index (χ3v) is 7.70. The zero-order valence-corrected chi connectivity index (χ0v) is 20.8. The number of aryl methyl sites for hydroxylation is 1. The van der Waals surface area contributed by atoms with Gasteiger partial charge in [-0.3, -0.25) is 0 Å². The fourth-order valence-electron chi connectivity index (χ4n) is 5.87. The van der Waals surface area contributed by atoms with E-state index in [2.05, 4.69) is 64.1 Å². The van der Waals surface area contributed by atoms with Crippen molar-refractivity contribution < 1.29 is 9.13 Å². The molecule has 3 nitrogen and oxygen atoms in total. The normalized spacial score (nSPS) is 16.9. The molecule has 5 heteroatoms. The number of hydrogen-bond donors (Lipinski definition) is 0. The van der Waals surface area contributed by atoms with Crippen molar-refractivity contribution in [3.63, 3.8) is 0 Å². The number of fused-ring (bicyclic) bond motifs is 3. The molecule has 3 heterocycles. The zero-order chi connectivity index (χ0) is 23.0. The lowest BCUT2D eigenvalue weighted by molar-refractivity contribution is -0.0788. The minimum absolute atomic E-state index is 0. The molecule has 0 aliphatic carbocycles. The quantitative estimate of drug-likeness (QED) is 0.270. The second-order valence-electron chi connectivity index (χ2n) is 9.75. The number of nitrogens with zero attached hydrogens (tertiary/aromatic N) is 2. The van der Waals surface area contributed by atoms with Gasteiger partial charge in [-0.15, -0.1) is 12.4 Å². The summed E-state index contributed by atoms with van der Waals surface area (Å²) in [7, 11) is 0. The van der Waals surface area contributed by atoms with Gasteiger partial charge < -0.3 is 14.2 Å². The summed E-state index contributed by atoms with van der Waals surface area (Å²) in [5.41, 5.74) is 6.23. The molecular weight excluding hydrogens is 459 g/mol. The number of benzene rings is 3. The molecule has 2 aliphatic rings. The molecule has 0 N–H and O–H groups in total. The lowest BCUT2D eigenvalue weighted by atomic mass is 9.84. The summed E-state index contributed by atoms with van der Waals surface area (Å²) in [6.45, 7) is 4.10. The van der Waals surface area contributed by atoms with E-state index in [1.54, 1.807) is 12.1 Å². The van der Waals surface area contributed by atoms with Gasteiger partial charge in [0, 0.05) is 29.9 Å². The molecule has 35 heavy (non-hydrogen) atoms. The van der Waals surface area contributed by atoms with E-state index in [0.717, 1.165) is 57.6 Å². The highest BCUT2D eigenvalue weighted by Gasteiger charge is 2.42. The third kappa shape index (κ3) is 4.63. The monoisotopic (exact) mass is 490 g/mol. The van der Waals surface area contributed by atoms with Gasteiger partial charge in [-0.2, -0.15) is 0 Å².